The SMILES string of the molecule is COCc1c(OC)cc(C2(C(C)N)CC2)cc1OC. The maximum atomic E-state index is 6.14. The largest absolute Gasteiger partial charge is 0.496 e. The highest BCUT2D eigenvalue weighted by Gasteiger charge is 2.48. The van der Waals surface area contributed by atoms with Crippen LogP contribution in [0, 0.1) is 0 Å². The summed E-state index contributed by atoms with van der Waals surface area (Å²) in [4.78, 5) is 0. The van der Waals surface area contributed by atoms with Crippen molar-refractivity contribution in [2.24, 2.45) is 5.73 Å². The molecule has 0 heterocycles. The van der Waals surface area contributed by atoms with Crippen LogP contribution in [0.2, 0.25) is 0 Å². The number of benzene rings is 1. The fourth-order valence-corrected chi connectivity index (χ4v) is 2.70. The summed E-state index contributed by atoms with van der Waals surface area (Å²) < 4.78 is 16.2. The lowest BCUT2D eigenvalue weighted by atomic mass is 9.88. The van der Waals surface area contributed by atoms with Crippen LogP contribution in [0.15, 0.2) is 12.1 Å². The molecule has 0 amide bonds. The summed E-state index contributed by atoms with van der Waals surface area (Å²) >= 11 is 0. The van der Waals surface area contributed by atoms with Gasteiger partial charge in [0.05, 0.1) is 26.4 Å². The van der Waals surface area contributed by atoms with E-state index in [4.69, 9.17) is 19.9 Å². The molecule has 1 unspecified atom stereocenters. The molecule has 1 atom stereocenters. The molecular weight excluding hydrogens is 242 g/mol. The van der Waals surface area contributed by atoms with E-state index >= 15 is 0 Å². The third kappa shape index (κ3) is 2.42. The molecule has 4 nitrogen and oxygen atoms in total. The van der Waals surface area contributed by atoms with Gasteiger partial charge in [0.25, 0.3) is 0 Å². The van der Waals surface area contributed by atoms with Gasteiger partial charge in [-0.25, -0.2) is 0 Å². The van der Waals surface area contributed by atoms with Crippen molar-refractivity contribution in [2.45, 2.75) is 37.8 Å². The van der Waals surface area contributed by atoms with Crippen LogP contribution in [0.3, 0.4) is 0 Å². The molecule has 0 bridgehead atoms. The zero-order chi connectivity index (χ0) is 14.0. The van der Waals surface area contributed by atoms with Gasteiger partial charge in [-0.15, -0.1) is 0 Å². The minimum Gasteiger partial charge on any atom is -0.496 e. The quantitative estimate of drug-likeness (QED) is 0.857. The number of nitrogens with two attached hydrogens (primary N) is 1. The normalized spacial score (nSPS) is 17.9. The number of rotatable bonds is 6. The van der Waals surface area contributed by atoms with Crippen LogP contribution in [-0.2, 0) is 16.8 Å². The van der Waals surface area contributed by atoms with Gasteiger partial charge in [-0.1, -0.05) is 0 Å². The van der Waals surface area contributed by atoms with Crippen LogP contribution in [-0.4, -0.2) is 27.4 Å². The van der Waals surface area contributed by atoms with Crippen molar-refractivity contribution >= 4 is 0 Å². The predicted octanol–water partition coefficient (Wildman–Crippen LogP) is 2.23. The topological polar surface area (TPSA) is 53.7 Å². The average Bonchev–Trinajstić information content (AvgIpc) is 3.20. The zero-order valence-corrected chi connectivity index (χ0v) is 12.2. The van der Waals surface area contributed by atoms with Gasteiger partial charge >= 0.3 is 0 Å². The molecule has 1 aliphatic carbocycles. The van der Waals surface area contributed by atoms with E-state index in [0.29, 0.717) is 6.61 Å². The maximum absolute atomic E-state index is 6.14. The van der Waals surface area contributed by atoms with Crippen molar-refractivity contribution in [3.05, 3.63) is 23.3 Å². The Hall–Kier alpha value is -1.26. The van der Waals surface area contributed by atoms with E-state index in [1.54, 1.807) is 21.3 Å². The smallest absolute Gasteiger partial charge is 0.128 e. The molecular formula is C15H23NO3. The number of methoxy groups -OCH3 is 3. The Morgan fingerprint density at radius 3 is 2.00 bits per heavy atom. The van der Waals surface area contributed by atoms with E-state index in [1.807, 2.05) is 0 Å². The first-order valence-corrected chi connectivity index (χ1v) is 6.59. The molecule has 2 N–H and O–H groups in total. The molecule has 0 spiro atoms. The van der Waals surface area contributed by atoms with Gasteiger partial charge in [0.15, 0.2) is 0 Å². The first-order valence-electron chi connectivity index (χ1n) is 6.59. The van der Waals surface area contributed by atoms with Gasteiger partial charge in [0.2, 0.25) is 0 Å². The van der Waals surface area contributed by atoms with Crippen molar-refractivity contribution in [3.8, 4) is 11.5 Å². The molecule has 1 aromatic rings. The highest BCUT2D eigenvalue weighted by molar-refractivity contribution is 5.51. The third-order valence-corrected chi connectivity index (χ3v) is 4.13. The molecule has 19 heavy (non-hydrogen) atoms. The van der Waals surface area contributed by atoms with Crippen LogP contribution in [0.1, 0.15) is 30.9 Å². The van der Waals surface area contributed by atoms with Crippen molar-refractivity contribution in [3.63, 3.8) is 0 Å². The second-order valence-corrected chi connectivity index (χ2v) is 5.24. The summed E-state index contributed by atoms with van der Waals surface area (Å²) in [5.41, 5.74) is 8.37. The summed E-state index contributed by atoms with van der Waals surface area (Å²) in [5.74, 6) is 1.62. The summed E-state index contributed by atoms with van der Waals surface area (Å²) in [6, 6.07) is 4.29. The van der Waals surface area contributed by atoms with Crippen LogP contribution in [0.25, 0.3) is 0 Å². The number of ether oxygens (including phenoxy) is 3. The van der Waals surface area contributed by atoms with Crippen LogP contribution < -0.4 is 15.2 Å². The molecule has 1 aromatic carbocycles. The first-order chi connectivity index (χ1) is 9.08. The number of hydrogen-bond acceptors (Lipinski definition) is 4. The molecule has 0 aromatic heterocycles. The summed E-state index contributed by atoms with van der Waals surface area (Å²) in [5, 5.41) is 0. The lowest BCUT2D eigenvalue weighted by molar-refractivity contribution is 0.178. The summed E-state index contributed by atoms with van der Waals surface area (Å²) in [6.07, 6.45) is 2.25. The molecule has 4 heteroatoms. The lowest BCUT2D eigenvalue weighted by Gasteiger charge is -2.23. The standard InChI is InChI=1S/C15H23NO3/c1-10(16)15(5-6-15)11-7-13(18-3)12(9-17-2)14(8-11)19-4/h7-8,10H,5-6,9,16H2,1-4H3. The molecule has 1 saturated carbocycles. The Morgan fingerprint density at radius 1 is 1.16 bits per heavy atom. The minimum atomic E-state index is 0.0894. The highest BCUT2D eigenvalue weighted by Crippen LogP contribution is 2.52. The maximum Gasteiger partial charge on any atom is 0.128 e. The molecule has 1 aliphatic rings. The molecule has 0 radical (unpaired) electrons. The van der Waals surface area contributed by atoms with Gasteiger partial charge < -0.3 is 19.9 Å². The molecule has 1 fully saturated rings. The molecule has 0 aliphatic heterocycles. The molecule has 2 rings (SSSR count). The second kappa shape index (κ2) is 5.39. The Bertz CT molecular complexity index is 428. The van der Waals surface area contributed by atoms with Crippen molar-refractivity contribution in [1.29, 1.82) is 0 Å². The highest BCUT2D eigenvalue weighted by atomic mass is 16.5. The van der Waals surface area contributed by atoms with Gasteiger partial charge in [0, 0.05) is 18.6 Å². The Kier molecular flexibility index (Phi) is 4.02. The van der Waals surface area contributed by atoms with Crippen molar-refractivity contribution in [2.75, 3.05) is 21.3 Å². The second-order valence-electron chi connectivity index (χ2n) is 5.24. The molecule has 0 saturated heterocycles. The fourth-order valence-electron chi connectivity index (χ4n) is 2.70. The third-order valence-electron chi connectivity index (χ3n) is 4.13. The van der Waals surface area contributed by atoms with E-state index in [-0.39, 0.29) is 11.5 Å². The Morgan fingerprint density at radius 2 is 1.68 bits per heavy atom. The van der Waals surface area contributed by atoms with E-state index in [0.717, 1.165) is 29.9 Å². The first kappa shape index (κ1) is 14.2. The van der Waals surface area contributed by atoms with Crippen LogP contribution in [0.4, 0.5) is 0 Å². The van der Waals surface area contributed by atoms with Gasteiger partial charge in [-0.05, 0) is 37.5 Å². The monoisotopic (exact) mass is 265 g/mol. The average molecular weight is 265 g/mol. The van der Waals surface area contributed by atoms with E-state index < -0.39 is 0 Å². The fraction of sp³-hybridized carbons (Fsp3) is 0.600. The van der Waals surface area contributed by atoms with E-state index in [2.05, 4.69) is 19.1 Å². The Labute approximate surface area is 114 Å². The zero-order valence-electron chi connectivity index (χ0n) is 12.2. The van der Waals surface area contributed by atoms with Crippen molar-refractivity contribution in [1.82, 2.24) is 0 Å². The lowest BCUT2D eigenvalue weighted by Crippen LogP contribution is -2.31. The molecule has 106 valence electrons. The van der Waals surface area contributed by atoms with Gasteiger partial charge in [-0.2, -0.15) is 0 Å². The van der Waals surface area contributed by atoms with Crippen LogP contribution >= 0.6 is 0 Å². The summed E-state index contributed by atoms with van der Waals surface area (Å²) in [7, 11) is 5.00. The predicted molar refractivity (Wildman–Crippen MR) is 74.8 cm³/mol. The number of hydrogen-bond donors (Lipinski definition) is 1. The van der Waals surface area contributed by atoms with E-state index in [1.165, 1.54) is 5.56 Å². The minimum absolute atomic E-state index is 0.0894. The Balaban J connectivity index is 2.48. The van der Waals surface area contributed by atoms with Crippen LogP contribution in [0.5, 0.6) is 11.5 Å². The van der Waals surface area contributed by atoms with E-state index in [9.17, 15) is 0 Å². The summed E-state index contributed by atoms with van der Waals surface area (Å²) in [6.45, 7) is 2.53. The van der Waals surface area contributed by atoms with Gasteiger partial charge in [0.1, 0.15) is 11.5 Å². The van der Waals surface area contributed by atoms with Gasteiger partial charge in [-0.3, -0.25) is 0 Å². The van der Waals surface area contributed by atoms with Crippen molar-refractivity contribution < 1.29 is 14.2 Å².